The first kappa shape index (κ1) is 18.1. The second kappa shape index (κ2) is 6.52. The second-order valence-corrected chi connectivity index (χ2v) is 8.74. The van der Waals surface area contributed by atoms with Crippen LogP contribution in [0.1, 0.15) is 38.3 Å². The first-order valence-electron chi connectivity index (χ1n) is 8.65. The van der Waals surface area contributed by atoms with E-state index in [9.17, 15) is 0 Å². The van der Waals surface area contributed by atoms with Crippen LogP contribution in [0.25, 0.3) is 16.8 Å². The minimum absolute atomic E-state index is 0.108. The summed E-state index contributed by atoms with van der Waals surface area (Å²) in [5, 5.41) is 6.43. The minimum Gasteiger partial charge on any atom is -0.321 e. The van der Waals surface area contributed by atoms with Crippen molar-refractivity contribution in [2.24, 2.45) is 5.73 Å². The lowest BCUT2D eigenvalue weighted by molar-refractivity contribution is 0.580. The van der Waals surface area contributed by atoms with Crippen LogP contribution in [-0.4, -0.2) is 23.6 Å². The first-order chi connectivity index (χ1) is 11.7. The van der Waals surface area contributed by atoms with Crippen LogP contribution in [0, 0.1) is 0 Å². The summed E-state index contributed by atoms with van der Waals surface area (Å²) >= 11 is 1.65. The minimum atomic E-state index is -0.175. The maximum atomic E-state index is 6.29. The molecule has 3 nitrogen and oxygen atoms in total. The van der Waals surface area contributed by atoms with Crippen molar-refractivity contribution in [1.29, 1.82) is 0 Å². The molecule has 2 unspecified atom stereocenters. The molecule has 132 valence electrons. The number of likely N-dealkylation sites (N-methyl/N-ethyl adjacent to an activating group) is 1. The Hall–Kier alpha value is -1.75. The van der Waals surface area contributed by atoms with E-state index in [4.69, 9.17) is 10.7 Å². The molecule has 1 aromatic carbocycles. The second-order valence-electron chi connectivity index (χ2n) is 7.88. The van der Waals surface area contributed by atoms with Crippen LogP contribution < -0.4 is 11.1 Å². The molecule has 0 fully saturated rings. The van der Waals surface area contributed by atoms with Gasteiger partial charge in [-0.1, -0.05) is 63.3 Å². The quantitative estimate of drug-likeness (QED) is 0.806. The number of rotatable bonds is 3. The molecule has 25 heavy (non-hydrogen) atoms. The Morgan fingerprint density at radius 1 is 1.20 bits per heavy atom. The predicted octanol–water partition coefficient (Wildman–Crippen LogP) is 4.37. The van der Waals surface area contributed by atoms with Gasteiger partial charge in [-0.3, -0.25) is 0 Å². The van der Waals surface area contributed by atoms with Crippen molar-refractivity contribution >= 4 is 16.9 Å². The van der Waals surface area contributed by atoms with Crippen LogP contribution >= 0.6 is 11.3 Å². The molecule has 2 atom stereocenters. The Morgan fingerprint density at radius 3 is 2.48 bits per heavy atom. The van der Waals surface area contributed by atoms with E-state index in [-0.39, 0.29) is 17.0 Å². The van der Waals surface area contributed by atoms with Crippen molar-refractivity contribution in [2.75, 3.05) is 7.05 Å². The van der Waals surface area contributed by atoms with Crippen LogP contribution in [0.4, 0.5) is 0 Å². The Bertz CT molecular complexity index is 808. The summed E-state index contributed by atoms with van der Waals surface area (Å²) in [7, 11) is 1.96. The number of nitrogens with two attached hydrogens (primary N) is 1. The zero-order chi connectivity index (χ0) is 18.2. The Balaban J connectivity index is 1.90. The number of aromatic nitrogens is 1. The molecule has 1 aromatic heterocycles. The molecule has 1 aliphatic carbocycles. The highest BCUT2D eigenvalue weighted by Crippen LogP contribution is 2.32. The topological polar surface area (TPSA) is 50.9 Å². The number of nitrogens with zero attached hydrogens (tertiary/aromatic N) is 1. The molecule has 0 saturated heterocycles. The average Bonchev–Trinajstić information content (AvgIpc) is 3.06. The summed E-state index contributed by atoms with van der Waals surface area (Å²) in [6.07, 6.45) is 6.34. The van der Waals surface area contributed by atoms with Crippen molar-refractivity contribution in [3.63, 3.8) is 0 Å². The lowest BCUT2D eigenvalue weighted by Gasteiger charge is -2.28. The van der Waals surface area contributed by atoms with Gasteiger partial charge in [0.1, 0.15) is 5.01 Å². The molecular formula is C21H27N3S. The zero-order valence-electron chi connectivity index (χ0n) is 15.6. The third kappa shape index (κ3) is 3.76. The van der Waals surface area contributed by atoms with E-state index < -0.39 is 0 Å². The summed E-state index contributed by atoms with van der Waals surface area (Å²) in [5.41, 5.74) is 10.8. The van der Waals surface area contributed by atoms with Gasteiger partial charge in [-0.15, -0.1) is 11.3 Å². The fraction of sp³-hybridized carbons (Fsp3) is 0.381. The fourth-order valence-electron chi connectivity index (χ4n) is 2.91. The van der Waals surface area contributed by atoms with Crippen LogP contribution in [0.2, 0.25) is 0 Å². The van der Waals surface area contributed by atoms with Gasteiger partial charge in [0, 0.05) is 16.5 Å². The molecule has 1 heterocycles. The van der Waals surface area contributed by atoms with Gasteiger partial charge < -0.3 is 11.1 Å². The number of benzene rings is 1. The van der Waals surface area contributed by atoms with E-state index >= 15 is 0 Å². The van der Waals surface area contributed by atoms with E-state index in [0.717, 1.165) is 21.8 Å². The van der Waals surface area contributed by atoms with E-state index in [2.05, 4.69) is 74.8 Å². The third-order valence-corrected chi connectivity index (χ3v) is 5.69. The van der Waals surface area contributed by atoms with Crippen molar-refractivity contribution in [1.82, 2.24) is 10.3 Å². The molecule has 3 N–H and O–H groups in total. The van der Waals surface area contributed by atoms with Gasteiger partial charge in [0.05, 0.1) is 17.3 Å². The summed E-state index contributed by atoms with van der Waals surface area (Å²) in [4.78, 5) is 4.85. The van der Waals surface area contributed by atoms with Gasteiger partial charge in [-0.2, -0.15) is 0 Å². The van der Waals surface area contributed by atoms with Crippen LogP contribution in [0.5, 0.6) is 0 Å². The van der Waals surface area contributed by atoms with Gasteiger partial charge in [0.2, 0.25) is 0 Å². The zero-order valence-corrected chi connectivity index (χ0v) is 16.4. The van der Waals surface area contributed by atoms with Gasteiger partial charge in [-0.05, 0) is 24.9 Å². The smallest absolute Gasteiger partial charge is 0.121 e. The van der Waals surface area contributed by atoms with E-state index in [1.807, 2.05) is 13.1 Å². The van der Waals surface area contributed by atoms with E-state index in [0.29, 0.717) is 0 Å². The average molecular weight is 354 g/mol. The highest BCUT2D eigenvalue weighted by atomic mass is 32.1. The summed E-state index contributed by atoms with van der Waals surface area (Å²) < 4.78 is 0. The van der Waals surface area contributed by atoms with Crippen molar-refractivity contribution in [3.8, 4) is 11.3 Å². The Kier molecular flexibility index (Phi) is 4.71. The number of hydrogen-bond acceptors (Lipinski definition) is 4. The maximum Gasteiger partial charge on any atom is 0.121 e. The molecule has 4 heteroatoms. The molecule has 0 bridgehead atoms. The molecule has 0 aliphatic heterocycles. The van der Waals surface area contributed by atoms with Crippen LogP contribution in [-0.2, 0) is 5.41 Å². The molecule has 2 aromatic rings. The Labute approximate surface area is 154 Å². The third-order valence-electron chi connectivity index (χ3n) is 4.80. The van der Waals surface area contributed by atoms with Gasteiger partial charge in [0.25, 0.3) is 0 Å². The standard InChI is InChI=1S/C21H27N3S/c1-20(2,3)15-8-6-14(7-9-15)18-13-25-19(24-18)16-12-21(4,23-5)11-10-17(16)22/h6-13,17,23H,22H2,1-5H3. The Morgan fingerprint density at radius 2 is 1.88 bits per heavy atom. The maximum absolute atomic E-state index is 6.29. The first-order valence-corrected chi connectivity index (χ1v) is 9.53. The molecule has 0 radical (unpaired) electrons. The largest absolute Gasteiger partial charge is 0.321 e. The monoisotopic (exact) mass is 353 g/mol. The lowest BCUT2D eigenvalue weighted by atomic mass is 9.86. The molecule has 0 saturated carbocycles. The van der Waals surface area contributed by atoms with Gasteiger partial charge >= 0.3 is 0 Å². The fourth-order valence-corrected chi connectivity index (χ4v) is 3.81. The summed E-state index contributed by atoms with van der Waals surface area (Å²) in [5.74, 6) is 0. The van der Waals surface area contributed by atoms with E-state index in [1.54, 1.807) is 11.3 Å². The van der Waals surface area contributed by atoms with Crippen molar-refractivity contribution in [2.45, 2.75) is 44.7 Å². The predicted molar refractivity (Wildman–Crippen MR) is 109 cm³/mol. The van der Waals surface area contributed by atoms with Gasteiger partial charge in [-0.25, -0.2) is 4.98 Å². The lowest BCUT2D eigenvalue weighted by Crippen LogP contribution is -2.39. The normalized spacial score (nSPS) is 23.6. The van der Waals surface area contributed by atoms with Crippen LogP contribution in [0.3, 0.4) is 0 Å². The highest BCUT2D eigenvalue weighted by molar-refractivity contribution is 7.11. The molecule has 1 aliphatic rings. The van der Waals surface area contributed by atoms with E-state index in [1.165, 1.54) is 5.56 Å². The van der Waals surface area contributed by atoms with Crippen molar-refractivity contribution < 1.29 is 0 Å². The molecule has 3 rings (SSSR count). The molecular weight excluding hydrogens is 326 g/mol. The summed E-state index contributed by atoms with van der Waals surface area (Å²) in [6.45, 7) is 8.82. The number of nitrogens with one attached hydrogen (secondary N) is 1. The van der Waals surface area contributed by atoms with Crippen molar-refractivity contribution in [3.05, 3.63) is 58.4 Å². The molecule has 0 amide bonds. The van der Waals surface area contributed by atoms with Crippen LogP contribution in [0.15, 0.2) is 47.9 Å². The molecule has 0 spiro atoms. The van der Waals surface area contributed by atoms with Gasteiger partial charge in [0.15, 0.2) is 0 Å². The summed E-state index contributed by atoms with van der Waals surface area (Å²) in [6, 6.07) is 8.60. The SMILES string of the molecule is CNC1(C)C=CC(N)C(c2nc(-c3ccc(C(C)(C)C)cc3)cs2)=C1. The number of thiazole rings is 1. The number of hydrogen-bond donors (Lipinski definition) is 2. The highest BCUT2D eigenvalue weighted by Gasteiger charge is 2.25.